The van der Waals surface area contributed by atoms with Gasteiger partial charge in [-0.3, -0.25) is 10.1 Å². The van der Waals surface area contributed by atoms with E-state index >= 15 is 0 Å². The van der Waals surface area contributed by atoms with Gasteiger partial charge in [-0.15, -0.1) is 0 Å². The summed E-state index contributed by atoms with van der Waals surface area (Å²) < 4.78 is 5.50. The van der Waals surface area contributed by atoms with Crippen molar-refractivity contribution in [3.63, 3.8) is 0 Å². The number of hydrogen-bond acceptors (Lipinski definition) is 4. The van der Waals surface area contributed by atoms with Crippen LogP contribution in [0.3, 0.4) is 0 Å². The van der Waals surface area contributed by atoms with Gasteiger partial charge >= 0.3 is 0 Å². The standard InChI is InChI=1S/C13H10ClNO4/c14-13-7-12(4-1-9(13)8-16)19-11-5-2-10(3-6-11)15(17)18/h1-7,16H,8H2. The zero-order valence-electron chi connectivity index (χ0n) is 9.75. The van der Waals surface area contributed by atoms with Crippen LogP contribution in [0.5, 0.6) is 11.5 Å². The van der Waals surface area contributed by atoms with Crippen LogP contribution in [0.2, 0.25) is 5.02 Å². The lowest BCUT2D eigenvalue weighted by molar-refractivity contribution is -0.384. The van der Waals surface area contributed by atoms with Crippen molar-refractivity contribution in [3.8, 4) is 11.5 Å². The van der Waals surface area contributed by atoms with Crippen molar-refractivity contribution in [1.82, 2.24) is 0 Å². The molecule has 0 heterocycles. The summed E-state index contributed by atoms with van der Waals surface area (Å²) in [6, 6.07) is 10.6. The summed E-state index contributed by atoms with van der Waals surface area (Å²) in [6.45, 7) is -0.142. The minimum Gasteiger partial charge on any atom is -0.457 e. The fraction of sp³-hybridized carbons (Fsp3) is 0.0769. The van der Waals surface area contributed by atoms with Crippen molar-refractivity contribution in [2.45, 2.75) is 6.61 Å². The highest BCUT2D eigenvalue weighted by molar-refractivity contribution is 6.31. The van der Waals surface area contributed by atoms with Crippen LogP contribution in [0.4, 0.5) is 5.69 Å². The number of aliphatic hydroxyl groups excluding tert-OH is 1. The van der Waals surface area contributed by atoms with E-state index in [4.69, 9.17) is 21.4 Å². The third-order valence-corrected chi connectivity index (χ3v) is 2.83. The van der Waals surface area contributed by atoms with Gasteiger partial charge in [0.15, 0.2) is 0 Å². The van der Waals surface area contributed by atoms with E-state index in [2.05, 4.69) is 0 Å². The van der Waals surface area contributed by atoms with E-state index in [1.54, 1.807) is 18.2 Å². The van der Waals surface area contributed by atoms with E-state index in [1.165, 1.54) is 24.3 Å². The number of hydrogen-bond donors (Lipinski definition) is 1. The molecule has 0 aliphatic heterocycles. The highest BCUT2D eigenvalue weighted by atomic mass is 35.5. The molecule has 0 unspecified atom stereocenters. The SMILES string of the molecule is O=[N+]([O-])c1ccc(Oc2ccc(CO)c(Cl)c2)cc1. The van der Waals surface area contributed by atoms with Gasteiger partial charge in [-0.05, 0) is 29.8 Å². The molecule has 0 amide bonds. The molecular formula is C13H10ClNO4. The summed E-state index contributed by atoms with van der Waals surface area (Å²) in [5.41, 5.74) is 0.610. The summed E-state index contributed by atoms with van der Waals surface area (Å²) in [4.78, 5) is 10.0. The zero-order chi connectivity index (χ0) is 13.8. The van der Waals surface area contributed by atoms with Gasteiger partial charge in [0.05, 0.1) is 11.5 Å². The average molecular weight is 280 g/mol. The van der Waals surface area contributed by atoms with Gasteiger partial charge in [0.1, 0.15) is 11.5 Å². The molecule has 0 saturated carbocycles. The Morgan fingerprint density at radius 1 is 1.16 bits per heavy atom. The Hall–Kier alpha value is -2.11. The molecule has 0 atom stereocenters. The van der Waals surface area contributed by atoms with Crippen LogP contribution in [0.25, 0.3) is 0 Å². The normalized spacial score (nSPS) is 10.2. The number of non-ortho nitro benzene ring substituents is 1. The predicted molar refractivity (Wildman–Crippen MR) is 70.5 cm³/mol. The fourth-order valence-electron chi connectivity index (χ4n) is 1.49. The molecule has 1 N–H and O–H groups in total. The molecule has 0 radical (unpaired) electrons. The van der Waals surface area contributed by atoms with E-state index < -0.39 is 4.92 Å². The van der Waals surface area contributed by atoms with E-state index in [0.717, 1.165) is 0 Å². The summed E-state index contributed by atoms with van der Waals surface area (Å²) >= 11 is 5.93. The molecule has 5 nitrogen and oxygen atoms in total. The highest BCUT2D eigenvalue weighted by Crippen LogP contribution is 2.27. The Labute approximate surface area is 114 Å². The van der Waals surface area contributed by atoms with Crippen molar-refractivity contribution in [2.75, 3.05) is 0 Å². The maximum atomic E-state index is 10.5. The summed E-state index contributed by atoms with van der Waals surface area (Å²) in [6.07, 6.45) is 0. The molecule has 19 heavy (non-hydrogen) atoms. The molecule has 0 fully saturated rings. The number of ether oxygens (including phenoxy) is 1. The van der Waals surface area contributed by atoms with Gasteiger partial charge in [-0.2, -0.15) is 0 Å². The molecule has 6 heteroatoms. The monoisotopic (exact) mass is 279 g/mol. The maximum absolute atomic E-state index is 10.5. The number of nitro benzene ring substituents is 1. The minimum atomic E-state index is -0.476. The Balaban J connectivity index is 2.16. The van der Waals surface area contributed by atoms with Crippen LogP contribution < -0.4 is 4.74 Å². The van der Waals surface area contributed by atoms with Crippen LogP contribution in [-0.2, 0) is 6.61 Å². The Bertz CT molecular complexity index is 598. The van der Waals surface area contributed by atoms with Crippen molar-refractivity contribution < 1.29 is 14.8 Å². The lowest BCUT2D eigenvalue weighted by Gasteiger charge is -2.07. The quantitative estimate of drug-likeness (QED) is 0.686. The first-order valence-corrected chi connectivity index (χ1v) is 5.79. The number of aliphatic hydroxyl groups is 1. The number of halogens is 1. The summed E-state index contributed by atoms with van der Waals surface area (Å²) in [5.74, 6) is 0.967. The van der Waals surface area contributed by atoms with E-state index in [9.17, 15) is 10.1 Å². The number of nitrogens with zero attached hydrogens (tertiary/aromatic N) is 1. The molecule has 0 aromatic heterocycles. The summed E-state index contributed by atoms with van der Waals surface area (Å²) in [5, 5.41) is 19.9. The highest BCUT2D eigenvalue weighted by Gasteiger charge is 2.06. The van der Waals surface area contributed by atoms with Gasteiger partial charge in [0.2, 0.25) is 0 Å². The Morgan fingerprint density at radius 3 is 2.32 bits per heavy atom. The number of rotatable bonds is 4. The first-order valence-electron chi connectivity index (χ1n) is 5.42. The zero-order valence-corrected chi connectivity index (χ0v) is 10.5. The van der Waals surface area contributed by atoms with Gasteiger partial charge in [-0.25, -0.2) is 0 Å². The molecule has 0 bridgehead atoms. The molecule has 2 aromatic carbocycles. The topological polar surface area (TPSA) is 72.6 Å². The molecule has 0 aliphatic carbocycles. The maximum Gasteiger partial charge on any atom is 0.269 e. The van der Waals surface area contributed by atoms with Crippen LogP contribution in [0, 0.1) is 10.1 Å². The fourth-order valence-corrected chi connectivity index (χ4v) is 1.72. The number of nitro groups is 1. The second-order valence-corrected chi connectivity index (χ2v) is 4.17. The predicted octanol–water partition coefficient (Wildman–Crippen LogP) is 3.53. The molecule has 0 spiro atoms. The smallest absolute Gasteiger partial charge is 0.269 e. The Kier molecular flexibility index (Phi) is 3.99. The van der Waals surface area contributed by atoms with Gasteiger partial charge in [-0.1, -0.05) is 17.7 Å². The van der Waals surface area contributed by atoms with Crippen molar-refractivity contribution in [1.29, 1.82) is 0 Å². The first kappa shape index (κ1) is 13.3. The molecule has 98 valence electrons. The number of benzene rings is 2. The lowest BCUT2D eigenvalue weighted by Crippen LogP contribution is -1.90. The molecule has 0 saturated heterocycles. The molecular weight excluding hydrogens is 270 g/mol. The minimum absolute atomic E-state index is 0.000936. The molecule has 0 aliphatic rings. The van der Waals surface area contributed by atoms with E-state index in [1.807, 2.05) is 0 Å². The third kappa shape index (κ3) is 3.21. The average Bonchev–Trinajstić information content (AvgIpc) is 2.39. The van der Waals surface area contributed by atoms with Crippen LogP contribution in [-0.4, -0.2) is 10.0 Å². The van der Waals surface area contributed by atoms with Crippen LogP contribution in [0.15, 0.2) is 42.5 Å². The third-order valence-electron chi connectivity index (χ3n) is 2.48. The lowest BCUT2D eigenvalue weighted by atomic mass is 10.2. The summed E-state index contributed by atoms with van der Waals surface area (Å²) in [7, 11) is 0. The van der Waals surface area contributed by atoms with Gasteiger partial charge < -0.3 is 9.84 Å². The van der Waals surface area contributed by atoms with Crippen molar-refractivity contribution in [3.05, 3.63) is 63.2 Å². The van der Waals surface area contributed by atoms with Gasteiger partial charge in [0.25, 0.3) is 5.69 Å². The van der Waals surface area contributed by atoms with Crippen LogP contribution >= 0.6 is 11.6 Å². The van der Waals surface area contributed by atoms with Crippen molar-refractivity contribution >= 4 is 17.3 Å². The van der Waals surface area contributed by atoms with Crippen molar-refractivity contribution in [2.24, 2.45) is 0 Å². The van der Waals surface area contributed by atoms with Crippen LogP contribution in [0.1, 0.15) is 5.56 Å². The van der Waals surface area contributed by atoms with Gasteiger partial charge in [0, 0.05) is 17.2 Å². The van der Waals surface area contributed by atoms with E-state index in [-0.39, 0.29) is 12.3 Å². The molecule has 2 aromatic rings. The largest absolute Gasteiger partial charge is 0.457 e. The Morgan fingerprint density at radius 2 is 1.79 bits per heavy atom. The van der Waals surface area contributed by atoms with E-state index in [0.29, 0.717) is 22.1 Å². The second kappa shape index (κ2) is 5.69. The molecule has 2 rings (SSSR count). The first-order chi connectivity index (χ1) is 9.10. The second-order valence-electron chi connectivity index (χ2n) is 3.76.